The summed E-state index contributed by atoms with van der Waals surface area (Å²) in [6.45, 7) is 4.52. The Bertz CT molecular complexity index is 1190. The summed E-state index contributed by atoms with van der Waals surface area (Å²) in [5.41, 5.74) is 4.80. The molecule has 0 bridgehead atoms. The van der Waals surface area contributed by atoms with Crippen LogP contribution in [0.25, 0.3) is 22.9 Å². The molecule has 0 aliphatic rings. The second kappa shape index (κ2) is 6.99. The lowest BCUT2D eigenvalue weighted by Crippen LogP contribution is -2.20. The Morgan fingerprint density at radius 1 is 1.04 bits per heavy atom. The Balaban J connectivity index is 1.66. The molecule has 0 atom stereocenters. The van der Waals surface area contributed by atoms with Crippen molar-refractivity contribution in [3.8, 4) is 5.69 Å². The van der Waals surface area contributed by atoms with Crippen LogP contribution in [0, 0.1) is 13.8 Å². The molecule has 0 fully saturated rings. The number of allylic oxidation sites excluding steroid dienone is 1. The van der Waals surface area contributed by atoms with E-state index in [0.717, 1.165) is 16.8 Å². The first-order chi connectivity index (χ1) is 13.1. The zero-order valence-corrected chi connectivity index (χ0v) is 15.2. The third-order valence-electron chi connectivity index (χ3n) is 4.58. The van der Waals surface area contributed by atoms with Crippen molar-refractivity contribution in [1.82, 2.24) is 24.5 Å². The van der Waals surface area contributed by atoms with Crippen molar-refractivity contribution in [2.45, 2.75) is 20.4 Å². The SMILES string of the molecule is Cc1ccc(-n2nnc3c(=O)n(CC=Cc4ccccc4)cnc32)cc1C. The van der Waals surface area contributed by atoms with E-state index in [9.17, 15) is 4.79 Å². The van der Waals surface area contributed by atoms with E-state index in [-0.39, 0.29) is 11.1 Å². The van der Waals surface area contributed by atoms with E-state index in [1.165, 1.54) is 10.1 Å². The van der Waals surface area contributed by atoms with Crippen molar-refractivity contribution in [1.29, 1.82) is 0 Å². The molecule has 0 saturated heterocycles. The lowest BCUT2D eigenvalue weighted by atomic mass is 10.1. The third kappa shape index (κ3) is 3.29. The van der Waals surface area contributed by atoms with Crippen LogP contribution in [0.1, 0.15) is 16.7 Å². The fraction of sp³-hybridized carbons (Fsp3) is 0.143. The van der Waals surface area contributed by atoms with Crippen molar-refractivity contribution < 1.29 is 0 Å². The average molecular weight is 357 g/mol. The maximum Gasteiger partial charge on any atom is 0.283 e. The van der Waals surface area contributed by atoms with E-state index in [1.54, 1.807) is 11.0 Å². The minimum atomic E-state index is -0.201. The Kier molecular flexibility index (Phi) is 4.38. The van der Waals surface area contributed by atoms with Crippen molar-refractivity contribution in [2.24, 2.45) is 0 Å². The largest absolute Gasteiger partial charge is 0.293 e. The molecule has 4 rings (SSSR count). The van der Waals surface area contributed by atoms with Gasteiger partial charge in [0, 0.05) is 6.54 Å². The van der Waals surface area contributed by atoms with Crippen LogP contribution < -0.4 is 5.56 Å². The van der Waals surface area contributed by atoms with E-state index < -0.39 is 0 Å². The summed E-state index contributed by atoms with van der Waals surface area (Å²) in [4.78, 5) is 17.1. The van der Waals surface area contributed by atoms with Crippen LogP contribution in [-0.2, 0) is 6.54 Å². The number of rotatable bonds is 4. The van der Waals surface area contributed by atoms with E-state index >= 15 is 0 Å². The highest BCUT2D eigenvalue weighted by Gasteiger charge is 2.13. The molecule has 0 aliphatic heterocycles. The van der Waals surface area contributed by atoms with Crippen molar-refractivity contribution >= 4 is 17.2 Å². The lowest BCUT2D eigenvalue weighted by molar-refractivity contribution is 0.765. The molecule has 0 spiro atoms. The monoisotopic (exact) mass is 357 g/mol. The third-order valence-corrected chi connectivity index (χ3v) is 4.58. The summed E-state index contributed by atoms with van der Waals surface area (Å²) in [5, 5.41) is 8.21. The fourth-order valence-electron chi connectivity index (χ4n) is 2.87. The summed E-state index contributed by atoms with van der Waals surface area (Å²) in [6.07, 6.45) is 5.45. The molecule has 0 saturated carbocycles. The molecule has 0 amide bonds. The van der Waals surface area contributed by atoms with Crippen molar-refractivity contribution in [2.75, 3.05) is 0 Å². The topological polar surface area (TPSA) is 65.6 Å². The molecule has 0 N–H and O–H groups in total. The molecule has 134 valence electrons. The number of nitrogens with zero attached hydrogens (tertiary/aromatic N) is 5. The maximum absolute atomic E-state index is 12.7. The van der Waals surface area contributed by atoms with Crippen LogP contribution >= 0.6 is 0 Å². The van der Waals surface area contributed by atoms with E-state index in [1.807, 2.05) is 67.6 Å². The second-order valence-electron chi connectivity index (χ2n) is 6.46. The van der Waals surface area contributed by atoms with Gasteiger partial charge >= 0.3 is 0 Å². The smallest absolute Gasteiger partial charge is 0.283 e. The molecule has 2 aromatic heterocycles. The number of aromatic nitrogens is 5. The molecule has 6 nitrogen and oxygen atoms in total. The van der Waals surface area contributed by atoms with Crippen LogP contribution in [0.2, 0.25) is 0 Å². The average Bonchev–Trinajstić information content (AvgIpc) is 3.11. The van der Waals surface area contributed by atoms with Gasteiger partial charge in [0.05, 0.1) is 5.69 Å². The Morgan fingerprint density at radius 2 is 1.85 bits per heavy atom. The molecule has 0 unspecified atom stereocenters. The molecule has 2 heterocycles. The zero-order valence-electron chi connectivity index (χ0n) is 15.2. The predicted octanol–water partition coefficient (Wildman–Crippen LogP) is 3.31. The quantitative estimate of drug-likeness (QED) is 0.562. The van der Waals surface area contributed by atoms with Gasteiger partial charge in [-0.2, -0.15) is 4.68 Å². The first-order valence-electron chi connectivity index (χ1n) is 8.73. The van der Waals surface area contributed by atoms with E-state index in [2.05, 4.69) is 22.2 Å². The van der Waals surface area contributed by atoms with Gasteiger partial charge in [-0.1, -0.05) is 53.8 Å². The van der Waals surface area contributed by atoms with Gasteiger partial charge in [0.2, 0.25) is 0 Å². The number of aryl methyl sites for hydroxylation is 2. The first-order valence-corrected chi connectivity index (χ1v) is 8.73. The van der Waals surface area contributed by atoms with Crippen LogP contribution in [0.3, 0.4) is 0 Å². The van der Waals surface area contributed by atoms with Gasteiger partial charge < -0.3 is 0 Å². The van der Waals surface area contributed by atoms with Gasteiger partial charge in [-0.25, -0.2) is 4.98 Å². The molecule has 4 aromatic rings. The van der Waals surface area contributed by atoms with Crippen LogP contribution in [0.4, 0.5) is 0 Å². The lowest BCUT2D eigenvalue weighted by Gasteiger charge is -2.05. The number of hydrogen-bond donors (Lipinski definition) is 0. The number of benzene rings is 2. The summed E-state index contributed by atoms with van der Waals surface area (Å²) in [6, 6.07) is 15.9. The molecule has 2 aromatic carbocycles. The summed E-state index contributed by atoms with van der Waals surface area (Å²) in [5.74, 6) is 0. The highest BCUT2D eigenvalue weighted by atomic mass is 16.1. The Morgan fingerprint density at radius 3 is 2.63 bits per heavy atom. The van der Waals surface area contributed by atoms with Gasteiger partial charge in [0.1, 0.15) is 6.33 Å². The molecule has 27 heavy (non-hydrogen) atoms. The maximum atomic E-state index is 12.7. The predicted molar refractivity (Wildman–Crippen MR) is 106 cm³/mol. The van der Waals surface area contributed by atoms with Crippen molar-refractivity contribution in [3.63, 3.8) is 0 Å². The highest BCUT2D eigenvalue weighted by molar-refractivity contribution is 5.70. The normalized spacial score (nSPS) is 11.5. The van der Waals surface area contributed by atoms with Crippen LogP contribution in [-0.4, -0.2) is 24.5 Å². The first kappa shape index (κ1) is 16.9. The molecule has 6 heteroatoms. The summed E-state index contributed by atoms with van der Waals surface area (Å²) < 4.78 is 3.13. The number of fused-ring (bicyclic) bond motifs is 1. The number of hydrogen-bond acceptors (Lipinski definition) is 4. The minimum Gasteiger partial charge on any atom is -0.293 e. The molecular formula is C21H19N5O. The minimum absolute atomic E-state index is 0.201. The Hall–Kier alpha value is -3.54. The van der Waals surface area contributed by atoms with Crippen LogP contribution in [0.15, 0.2) is 65.7 Å². The second-order valence-corrected chi connectivity index (χ2v) is 6.46. The summed E-state index contributed by atoms with van der Waals surface area (Å²) in [7, 11) is 0. The van der Waals surface area contributed by atoms with E-state index in [4.69, 9.17) is 0 Å². The van der Waals surface area contributed by atoms with Crippen LogP contribution in [0.5, 0.6) is 0 Å². The van der Waals surface area contributed by atoms with Gasteiger partial charge in [-0.05, 0) is 42.7 Å². The highest BCUT2D eigenvalue weighted by Crippen LogP contribution is 2.16. The van der Waals surface area contributed by atoms with Crippen molar-refractivity contribution in [3.05, 3.63) is 88.0 Å². The summed E-state index contributed by atoms with van der Waals surface area (Å²) >= 11 is 0. The fourth-order valence-corrected chi connectivity index (χ4v) is 2.87. The molecule has 0 radical (unpaired) electrons. The van der Waals surface area contributed by atoms with E-state index in [0.29, 0.717) is 12.2 Å². The molecular weight excluding hydrogens is 338 g/mol. The standard InChI is InChI=1S/C21H19N5O/c1-15-10-11-18(13-16(15)2)26-20-19(23-24-26)21(27)25(14-22-20)12-6-9-17-7-4-3-5-8-17/h3-11,13-14H,12H2,1-2H3. The Labute approximate surface area is 156 Å². The zero-order chi connectivity index (χ0) is 18.8. The van der Waals surface area contributed by atoms with Gasteiger partial charge in [0.15, 0.2) is 11.2 Å². The van der Waals surface area contributed by atoms with Gasteiger partial charge in [0.25, 0.3) is 5.56 Å². The van der Waals surface area contributed by atoms with Gasteiger partial charge in [-0.3, -0.25) is 9.36 Å². The molecule has 0 aliphatic carbocycles. The van der Waals surface area contributed by atoms with Gasteiger partial charge in [-0.15, -0.1) is 5.10 Å².